The van der Waals surface area contributed by atoms with Gasteiger partial charge in [-0.25, -0.2) is 4.98 Å². The lowest BCUT2D eigenvalue weighted by Crippen LogP contribution is -2.30. The summed E-state index contributed by atoms with van der Waals surface area (Å²) in [5.41, 5.74) is 3.22. The van der Waals surface area contributed by atoms with Crippen LogP contribution in [0.4, 0.5) is 5.13 Å². The standard InChI is InChI=1S/C16H17N5OS2/c1-3-21-13-14-11(19-16(24-14)18-9(2)22)8-23-15(13)12(20-21)10-5-4-6-17-7-10/h4-7,13,15H,3,8H2,1-2H3,(H,18,19,22). The molecule has 2 aliphatic heterocycles. The zero-order chi connectivity index (χ0) is 16.7. The van der Waals surface area contributed by atoms with Crippen molar-refractivity contribution in [1.29, 1.82) is 0 Å². The first-order valence-corrected chi connectivity index (χ1v) is 9.68. The summed E-state index contributed by atoms with van der Waals surface area (Å²) in [7, 11) is 0. The molecule has 1 amide bonds. The summed E-state index contributed by atoms with van der Waals surface area (Å²) in [6.45, 7) is 4.45. The molecule has 2 aliphatic rings. The Labute approximate surface area is 148 Å². The van der Waals surface area contributed by atoms with Crippen molar-refractivity contribution in [3.05, 3.63) is 40.7 Å². The van der Waals surface area contributed by atoms with Crippen LogP contribution in [0.1, 0.15) is 36.0 Å². The average Bonchev–Trinajstić information content (AvgIpc) is 3.15. The molecule has 0 bridgehead atoms. The van der Waals surface area contributed by atoms with Crippen LogP contribution in [-0.2, 0) is 10.5 Å². The summed E-state index contributed by atoms with van der Waals surface area (Å²) < 4.78 is 0. The topological polar surface area (TPSA) is 70.5 Å². The van der Waals surface area contributed by atoms with Gasteiger partial charge in [0.15, 0.2) is 5.13 Å². The Kier molecular flexibility index (Phi) is 4.01. The third-order valence-corrected chi connectivity index (χ3v) is 6.44. The quantitative estimate of drug-likeness (QED) is 0.912. The van der Waals surface area contributed by atoms with Crippen LogP contribution >= 0.6 is 23.1 Å². The van der Waals surface area contributed by atoms with Crippen LogP contribution in [0.3, 0.4) is 0 Å². The van der Waals surface area contributed by atoms with Crippen molar-refractivity contribution >= 4 is 39.8 Å². The van der Waals surface area contributed by atoms with Crippen LogP contribution in [-0.4, -0.2) is 38.4 Å². The van der Waals surface area contributed by atoms with Gasteiger partial charge in [-0.05, 0) is 19.1 Å². The lowest BCUT2D eigenvalue weighted by molar-refractivity contribution is -0.114. The maximum atomic E-state index is 11.3. The molecule has 2 atom stereocenters. The van der Waals surface area contributed by atoms with Gasteiger partial charge < -0.3 is 5.32 Å². The molecule has 0 spiro atoms. The zero-order valence-corrected chi connectivity index (χ0v) is 15.0. The van der Waals surface area contributed by atoms with Gasteiger partial charge in [-0.15, -0.1) is 11.8 Å². The number of carbonyl (C=O) groups excluding carboxylic acids is 1. The molecule has 0 fully saturated rings. The van der Waals surface area contributed by atoms with Gasteiger partial charge in [0.1, 0.15) is 6.04 Å². The van der Waals surface area contributed by atoms with Crippen molar-refractivity contribution in [3.63, 3.8) is 0 Å². The maximum absolute atomic E-state index is 11.3. The molecule has 8 heteroatoms. The highest BCUT2D eigenvalue weighted by atomic mass is 32.2. The second-order valence-corrected chi connectivity index (χ2v) is 7.83. The van der Waals surface area contributed by atoms with Crippen molar-refractivity contribution in [1.82, 2.24) is 15.0 Å². The average molecular weight is 359 g/mol. The minimum absolute atomic E-state index is 0.0867. The molecule has 2 unspecified atom stereocenters. The second-order valence-electron chi connectivity index (χ2n) is 5.67. The first kappa shape index (κ1) is 15.6. The highest BCUT2D eigenvalue weighted by molar-refractivity contribution is 8.00. The molecule has 4 heterocycles. The SMILES string of the molecule is CCN1N=C(c2cccnc2)C2SCc3nc(NC(C)=O)sc3C21. The number of carbonyl (C=O) groups is 1. The number of rotatable bonds is 3. The van der Waals surface area contributed by atoms with E-state index in [-0.39, 0.29) is 17.2 Å². The van der Waals surface area contributed by atoms with Crippen molar-refractivity contribution < 1.29 is 4.79 Å². The lowest BCUT2D eigenvalue weighted by atomic mass is 10.0. The molecule has 124 valence electrons. The third-order valence-electron chi connectivity index (χ3n) is 4.07. The van der Waals surface area contributed by atoms with Gasteiger partial charge in [0, 0.05) is 37.2 Å². The minimum Gasteiger partial charge on any atom is -0.302 e. The molecule has 0 saturated carbocycles. The molecule has 2 aromatic rings. The van der Waals surface area contributed by atoms with Crippen molar-refractivity contribution in [2.45, 2.75) is 30.9 Å². The number of amides is 1. The van der Waals surface area contributed by atoms with Gasteiger partial charge in [-0.2, -0.15) is 5.10 Å². The largest absolute Gasteiger partial charge is 0.302 e. The predicted molar refractivity (Wildman–Crippen MR) is 97.4 cm³/mol. The lowest BCUT2D eigenvalue weighted by Gasteiger charge is -2.29. The Morgan fingerprint density at radius 3 is 3.08 bits per heavy atom. The first-order valence-electron chi connectivity index (χ1n) is 7.81. The Morgan fingerprint density at radius 2 is 2.38 bits per heavy atom. The fourth-order valence-corrected chi connectivity index (χ4v) is 5.79. The zero-order valence-electron chi connectivity index (χ0n) is 13.4. The van der Waals surface area contributed by atoms with Crippen LogP contribution in [0.5, 0.6) is 0 Å². The van der Waals surface area contributed by atoms with Crippen molar-refractivity contribution in [3.8, 4) is 0 Å². The minimum atomic E-state index is -0.0867. The van der Waals surface area contributed by atoms with Crippen LogP contribution < -0.4 is 5.32 Å². The second kappa shape index (κ2) is 6.18. The van der Waals surface area contributed by atoms with Crippen LogP contribution in [0.2, 0.25) is 0 Å². The molecule has 24 heavy (non-hydrogen) atoms. The first-order chi connectivity index (χ1) is 11.7. The van der Waals surface area contributed by atoms with E-state index in [4.69, 9.17) is 5.10 Å². The van der Waals surface area contributed by atoms with Gasteiger partial charge in [-0.3, -0.25) is 14.8 Å². The van der Waals surface area contributed by atoms with Crippen molar-refractivity contribution in [2.24, 2.45) is 5.10 Å². The van der Waals surface area contributed by atoms with E-state index in [1.807, 2.05) is 24.0 Å². The number of aromatic nitrogens is 2. The smallest absolute Gasteiger partial charge is 0.223 e. The van der Waals surface area contributed by atoms with Gasteiger partial charge in [0.05, 0.1) is 21.5 Å². The van der Waals surface area contributed by atoms with E-state index in [0.717, 1.165) is 29.3 Å². The molecule has 2 aromatic heterocycles. The number of nitrogens with one attached hydrogen (secondary N) is 1. The number of hydrogen-bond acceptors (Lipinski definition) is 7. The van der Waals surface area contributed by atoms with E-state index < -0.39 is 0 Å². The Bertz CT molecular complexity index is 804. The maximum Gasteiger partial charge on any atom is 0.223 e. The molecule has 4 rings (SSSR count). The normalized spacial score (nSPS) is 21.9. The van der Waals surface area contributed by atoms with Crippen LogP contribution in [0.15, 0.2) is 29.6 Å². The molecule has 1 N–H and O–H groups in total. The fourth-order valence-electron chi connectivity index (χ4n) is 3.08. The number of anilines is 1. The summed E-state index contributed by atoms with van der Waals surface area (Å²) >= 11 is 3.43. The van der Waals surface area contributed by atoms with E-state index >= 15 is 0 Å². The molecular weight excluding hydrogens is 342 g/mol. The number of thioether (sulfide) groups is 1. The number of pyridine rings is 1. The van der Waals surface area contributed by atoms with E-state index in [9.17, 15) is 4.79 Å². The monoisotopic (exact) mass is 359 g/mol. The highest BCUT2D eigenvalue weighted by Gasteiger charge is 2.44. The Morgan fingerprint density at radius 1 is 1.50 bits per heavy atom. The Balaban J connectivity index is 1.71. The van der Waals surface area contributed by atoms with Gasteiger partial charge in [-0.1, -0.05) is 11.3 Å². The van der Waals surface area contributed by atoms with E-state index in [1.54, 1.807) is 17.5 Å². The number of hydrogen-bond donors (Lipinski definition) is 1. The molecule has 0 saturated heterocycles. The molecule has 0 radical (unpaired) electrons. The van der Waals surface area contributed by atoms with Gasteiger partial charge >= 0.3 is 0 Å². The van der Waals surface area contributed by atoms with Gasteiger partial charge in [0.25, 0.3) is 0 Å². The van der Waals surface area contributed by atoms with Crippen LogP contribution in [0.25, 0.3) is 0 Å². The van der Waals surface area contributed by atoms with E-state index in [2.05, 4.69) is 33.3 Å². The molecular formula is C16H17N5OS2. The van der Waals surface area contributed by atoms with Crippen LogP contribution in [0, 0.1) is 0 Å². The molecule has 0 aromatic carbocycles. The summed E-state index contributed by atoms with van der Waals surface area (Å²) in [5, 5.41) is 10.8. The number of hydrazone groups is 1. The summed E-state index contributed by atoms with van der Waals surface area (Å²) in [6, 6.07) is 4.19. The van der Waals surface area contributed by atoms with E-state index in [0.29, 0.717) is 5.13 Å². The van der Waals surface area contributed by atoms with E-state index in [1.165, 1.54) is 11.8 Å². The number of fused-ring (bicyclic) bond motifs is 3. The summed E-state index contributed by atoms with van der Waals surface area (Å²) in [4.78, 5) is 21.4. The predicted octanol–water partition coefficient (Wildman–Crippen LogP) is 2.89. The summed E-state index contributed by atoms with van der Waals surface area (Å²) in [6.07, 6.45) is 3.66. The summed E-state index contributed by atoms with van der Waals surface area (Å²) in [5.74, 6) is 0.750. The molecule has 0 aliphatic carbocycles. The number of thiazole rings is 1. The third kappa shape index (κ3) is 2.59. The number of nitrogens with zero attached hydrogens (tertiary/aromatic N) is 4. The highest BCUT2D eigenvalue weighted by Crippen LogP contribution is 2.49. The Hall–Kier alpha value is -1.93. The van der Waals surface area contributed by atoms with Gasteiger partial charge in [0.2, 0.25) is 5.91 Å². The van der Waals surface area contributed by atoms with Crippen molar-refractivity contribution in [2.75, 3.05) is 11.9 Å². The molecule has 6 nitrogen and oxygen atoms in total. The fraction of sp³-hybridized carbons (Fsp3) is 0.375.